The van der Waals surface area contributed by atoms with Gasteiger partial charge in [-0.05, 0) is 48.1 Å². The van der Waals surface area contributed by atoms with E-state index in [9.17, 15) is 30.8 Å². The molecular formula is C21H19F4N3O3S. The van der Waals surface area contributed by atoms with Crippen LogP contribution in [0.3, 0.4) is 0 Å². The molecule has 1 atom stereocenters. The monoisotopic (exact) mass is 469 g/mol. The number of alkyl halides is 3. The second-order valence-electron chi connectivity index (χ2n) is 8.60. The van der Waals surface area contributed by atoms with Crippen LogP contribution in [0.1, 0.15) is 35.6 Å². The molecule has 1 aliphatic heterocycles. The van der Waals surface area contributed by atoms with Gasteiger partial charge in [-0.15, -0.1) is 0 Å². The summed E-state index contributed by atoms with van der Waals surface area (Å²) in [6.45, 7) is 0.349. The SMILES string of the molecule is O=C(NC12CC1(NS(=O)(=O)C(F)(F)F)C2)N1CCc2ccccc2[C@@H]1c1ccc(F)cc1. The number of hydrogen-bond acceptors (Lipinski definition) is 3. The lowest BCUT2D eigenvalue weighted by Crippen LogP contribution is -2.48. The predicted molar refractivity (Wildman–Crippen MR) is 106 cm³/mol. The van der Waals surface area contributed by atoms with Gasteiger partial charge in [-0.1, -0.05) is 36.4 Å². The Hall–Kier alpha value is -2.66. The van der Waals surface area contributed by atoms with Crippen LogP contribution in [0.5, 0.6) is 0 Å². The van der Waals surface area contributed by atoms with Crippen molar-refractivity contribution in [2.24, 2.45) is 0 Å². The fourth-order valence-electron chi connectivity index (χ4n) is 4.65. The molecule has 2 aromatic carbocycles. The van der Waals surface area contributed by atoms with Crippen LogP contribution in [-0.4, -0.2) is 42.5 Å². The summed E-state index contributed by atoms with van der Waals surface area (Å²) in [5, 5.41) is 2.75. The first-order chi connectivity index (χ1) is 15.0. The second-order valence-corrected chi connectivity index (χ2v) is 10.3. The standard InChI is InChI=1S/C21H19F4N3O3S/c22-15-7-5-14(6-8-15)17-16-4-2-1-3-13(16)9-10-28(17)18(29)26-19-11-20(19,12-19)27-32(30,31)21(23,24)25/h1-8,17,27H,9-12H2,(H,26,29)/t17-,19?,20?/m0/s1. The molecule has 0 saturated heterocycles. The Bertz CT molecular complexity index is 1190. The van der Waals surface area contributed by atoms with Crippen molar-refractivity contribution in [2.45, 2.75) is 41.9 Å². The minimum Gasteiger partial charge on any atom is -0.330 e. The van der Waals surface area contributed by atoms with Gasteiger partial charge < -0.3 is 10.2 Å². The van der Waals surface area contributed by atoms with E-state index in [0.29, 0.717) is 18.5 Å². The molecule has 2 N–H and O–H groups in total. The normalized spacial score (nSPS) is 28.5. The molecule has 0 radical (unpaired) electrons. The van der Waals surface area contributed by atoms with Crippen LogP contribution in [0.2, 0.25) is 0 Å². The van der Waals surface area contributed by atoms with Gasteiger partial charge in [0.25, 0.3) is 0 Å². The molecule has 6 nitrogen and oxygen atoms in total. The third-order valence-electron chi connectivity index (χ3n) is 6.58. The largest absolute Gasteiger partial charge is 0.511 e. The van der Waals surface area contributed by atoms with Crippen LogP contribution in [0.15, 0.2) is 48.5 Å². The number of sulfonamides is 1. The molecule has 2 saturated carbocycles. The highest BCUT2D eigenvalue weighted by molar-refractivity contribution is 7.90. The first kappa shape index (κ1) is 21.2. The lowest BCUT2D eigenvalue weighted by atomic mass is 9.88. The van der Waals surface area contributed by atoms with Gasteiger partial charge in [0.2, 0.25) is 0 Å². The molecule has 0 spiro atoms. The first-order valence-electron chi connectivity index (χ1n) is 9.99. The lowest BCUT2D eigenvalue weighted by Gasteiger charge is -2.38. The van der Waals surface area contributed by atoms with Gasteiger partial charge in [-0.3, -0.25) is 0 Å². The molecule has 2 aliphatic carbocycles. The van der Waals surface area contributed by atoms with Gasteiger partial charge in [-0.25, -0.2) is 17.6 Å². The average Bonchev–Trinajstić information content (AvgIpc) is 3.51. The highest BCUT2D eigenvalue weighted by Crippen LogP contribution is 2.71. The van der Waals surface area contributed by atoms with Crippen LogP contribution >= 0.6 is 0 Å². The highest BCUT2D eigenvalue weighted by atomic mass is 32.2. The molecule has 11 heteroatoms. The maximum atomic E-state index is 13.5. The third kappa shape index (κ3) is 3.25. The van der Waals surface area contributed by atoms with Crippen LogP contribution in [-0.2, 0) is 16.4 Å². The van der Waals surface area contributed by atoms with Crippen molar-refractivity contribution in [3.8, 4) is 0 Å². The number of benzene rings is 2. The summed E-state index contributed by atoms with van der Waals surface area (Å²) in [7, 11) is -5.50. The summed E-state index contributed by atoms with van der Waals surface area (Å²) in [5.41, 5.74) is -5.07. The Morgan fingerprint density at radius 1 is 1.03 bits per heavy atom. The Kier molecular flexibility index (Phi) is 4.42. The Morgan fingerprint density at radius 3 is 2.34 bits per heavy atom. The molecule has 2 fully saturated rings. The lowest BCUT2D eigenvalue weighted by molar-refractivity contribution is -0.0450. The summed E-state index contributed by atoms with van der Waals surface area (Å²) in [4.78, 5) is 14.7. The quantitative estimate of drug-likeness (QED) is 0.676. The van der Waals surface area contributed by atoms with E-state index in [0.717, 1.165) is 11.1 Å². The Labute approximate surface area is 181 Å². The van der Waals surface area contributed by atoms with Gasteiger partial charge in [0, 0.05) is 6.54 Å². The number of carbonyl (C=O) groups is 1. The van der Waals surface area contributed by atoms with Crippen molar-refractivity contribution in [2.75, 3.05) is 6.54 Å². The van der Waals surface area contributed by atoms with Gasteiger partial charge in [0.15, 0.2) is 0 Å². The van der Waals surface area contributed by atoms with E-state index in [4.69, 9.17) is 0 Å². The van der Waals surface area contributed by atoms with Gasteiger partial charge in [0.1, 0.15) is 5.82 Å². The number of nitrogens with one attached hydrogen (secondary N) is 2. The number of carbonyl (C=O) groups excluding carboxylic acids is 1. The van der Waals surface area contributed by atoms with Crippen molar-refractivity contribution < 1.29 is 30.8 Å². The number of nitrogens with zero attached hydrogens (tertiary/aromatic N) is 1. The van der Waals surface area contributed by atoms with Crippen LogP contribution in [0.25, 0.3) is 0 Å². The molecule has 32 heavy (non-hydrogen) atoms. The van der Waals surface area contributed by atoms with Crippen LogP contribution in [0.4, 0.5) is 22.4 Å². The Morgan fingerprint density at radius 2 is 1.69 bits per heavy atom. The third-order valence-corrected chi connectivity index (χ3v) is 7.85. The number of amides is 2. The van der Waals surface area contributed by atoms with Crippen molar-refractivity contribution in [3.63, 3.8) is 0 Å². The minimum absolute atomic E-state index is 0.104. The van der Waals surface area contributed by atoms with Crippen molar-refractivity contribution in [1.29, 1.82) is 0 Å². The van der Waals surface area contributed by atoms with E-state index < -0.39 is 44.5 Å². The molecule has 5 rings (SSSR count). The molecule has 0 aromatic heterocycles. The molecule has 2 aromatic rings. The van der Waals surface area contributed by atoms with E-state index in [1.807, 2.05) is 24.3 Å². The van der Waals surface area contributed by atoms with Gasteiger partial charge >= 0.3 is 21.6 Å². The summed E-state index contributed by atoms with van der Waals surface area (Å²) in [6.07, 6.45) is 0.791. The zero-order valence-corrected chi connectivity index (χ0v) is 17.4. The number of halogens is 4. The van der Waals surface area contributed by atoms with Gasteiger partial charge in [-0.2, -0.15) is 17.9 Å². The number of hydrogen-bond donors (Lipinski definition) is 2. The average molecular weight is 469 g/mol. The topological polar surface area (TPSA) is 78.5 Å². The zero-order chi connectivity index (χ0) is 22.9. The first-order valence-corrected chi connectivity index (χ1v) is 11.5. The van der Waals surface area contributed by atoms with Crippen molar-refractivity contribution in [3.05, 3.63) is 71.0 Å². The summed E-state index contributed by atoms with van der Waals surface area (Å²) >= 11 is 0. The smallest absolute Gasteiger partial charge is 0.330 e. The summed E-state index contributed by atoms with van der Waals surface area (Å²) in [5.74, 6) is -0.412. The van der Waals surface area contributed by atoms with E-state index in [1.54, 1.807) is 21.8 Å². The van der Waals surface area contributed by atoms with E-state index >= 15 is 0 Å². The van der Waals surface area contributed by atoms with Crippen LogP contribution < -0.4 is 10.0 Å². The Balaban J connectivity index is 1.38. The summed E-state index contributed by atoms with van der Waals surface area (Å²) in [6, 6.07) is 12.4. The molecule has 1 heterocycles. The van der Waals surface area contributed by atoms with Gasteiger partial charge in [0.05, 0.1) is 17.1 Å². The summed E-state index contributed by atoms with van der Waals surface area (Å²) < 4.78 is 76.3. The number of urea groups is 1. The molecule has 0 bridgehead atoms. The van der Waals surface area contributed by atoms with E-state index in [-0.39, 0.29) is 12.8 Å². The van der Waals surface area contributed by atoms with Crippen LogP contribution in [0, 0.1) is 5.82 Å². The predicted octanol–water partition coefficient (Wildman–Crippen LogP) is 3.21. The zero-order valence-electron chi connectivity index (χ0n) is 16.6. The molecular weight excluding hydrogens is 450 g/mol. The molecule has 170 valence electrons. The van der Waals surface area contributed by atoms with Crippen molar-refractivity contribution >= 4 is 16.1 Å². The maximum Gasteiger partial charge on any atom is 0.511 e. The fourth-order valence-corrected chi connectivity index (χ4v) is 5.62. The highest BCUT2D eigenvalue weighted by Gasteiger charge is 2.86. The molecule has 2 amide bonds. The second kappa shape index (κ2) is 6.67. The van der Waals surface area contributed by atoms with Crippen molar-refractivity contribution in [1.82, 2.24) is 14.9 Å². The fraction of sp³-hybridized carbons (Fsp3) is 0.381. The maximum absolute atomic E-state index is 13.5. The molecule has 0 unspecified atom stereocenters. The van der Waals surface area contributed by atoms with E-state index in [1.165, 1.54) is 12.1 Å². The molecule has 3 aliphatic rings. The minimum atomic E-state index is -5.50. The number of fused-ring (bicyclic) bond motifs is 2. The van der Waals surface area contributed by atoms with E-state index in [2.05, 4.69) is 5.32 Å². The number of rotatable bonds is 4.